The van der Waals surface area contributed by atoms with Crippen LogP contribution in [0.5, 0.6) is 0 Å². The van der Waals surface area contributed by atoms with Crippen molar-refractivity contribution in [2.24, 2.45) is 0 Å². The van der Waals surface area contributed by atoms with Crippen LogP contribution in [0.3, 0.4) is 0 Å². The number of halogens is 5. The fourth-order valence-corrected chi connectivity index (χ4v) is 6.60. The number of alkyl halides is 3. The maximum atomic E-state index is 15.7. The van der Waals surface area contributed by atoms with Gasteiger partial charge in [-0.25, -0.2) is 14.4 Å². The molecule has 0 radical (unpaired) electrons. The van der Waals surface area contributed by atoms with Gasteiger partial charge in [-0.15, -0.1) is 0 Å². The number of rotatable bonds is 9. The van der Waals surface area contributed by atoms with E-state index in [9.17, 15) is 23.1 Å². The standard InChI is InChI=1S/C28H31ClF4N6O2S/c1-17-3-2-9-39(17)16-22-25(18-4-5-20(29)19(15-18)28(31,32)33)35-27(42-22)36-26-24(30)21(6-8-34-26)38-13-11-37(12-14-38)10-7-23(40)41/h4-6,8,15,17H,2-3,7,9-14,16H2,1H3,(H,40,41)(H,34,35,36)/p-1/t17-/m1/s1. The van der Waals surface area contributed by atoms with Gasteiger partial charge in [0, 0.05) is 67.9 Å². The van der Waals surface area contributed by atoms with E-state index in [2.05, 4.69) is 27.1 Å². The van der Waals surface area contributed by atoms with Crippen LogP contribution in [0, 0.1) is 5.82 Å². The lowest BCUT2D eigenvalue weighted by Gasteiger charge is -2.36. The maximum Gasteiger partial charge on any atom is 0.417 e. The average Bonchev–Trinajstić information content (AvgIpc) is 3.54. The van der Waals surface area contributed by atoms with Gasteiger partial charge < -0.3 is 20.1 Å². The van der Waals surface area contributed by atoms with Gasteiger partial charge in [-0.2, -0.15) is 13.2 Å². The lowest BCUT2D eigenvalue weighted by molar-refractivity contribution is -0.305. The Balaban J connectivity index is 1.40. The lowest BCUT2D eigenvalue weighted by Crippen LogP contribution is -2.47. The number of nitrogens with one attached hydrogen (secondary N) is 1. The monoisotopic (exact) mass is 625 g/mol. The summed E-state index contributed by atoms with van der Waals surface area (Å²) in [6.45, 7) is 6.03. The van der Waals surface area contributed by atoms with Crippen molar-refractivity contribution in [2.75, 3.05) is 49.5 Å². The van der Waals surface area contributed by atoms with E-state index in [0.29, 0.717) is 61.8 Å². The minimum absolute atomic E-state index is 0.0413. The zero-order valence-electron chi connectivity index (χ0n) is 22.9. The van der Waals surface area contributed by atoms with Crippen LogP contribution in [0.1, 0.15) is 36.6 Å². The molecule has 8 nitrogen and oxygen atoms in total. The SMILES string of the molecule is C[C@@H]1CCCN1Cc1sc(Nc2nccc(N3CCN(CCC(=O)[O-])CC3)c2F)nc1-c1ccc(Cl)c(C(F)(F)F)c1. The molecule has 0 amide bonds. The number of likely N-dealkylation sites (tertiary alicyclic amines) is 1. The number of aliphatic carboxylic acids is 1. The molecule has 1 aromatic carbocycles. The first kappa shape index (κ1) is 30.5. The van der Waals surface area contributed by atoms with Gasteiger partial charge in [0.05, 0.1) is 22.0 Å². The highest BCUT2D eigenvalue weighted by molar-refractivity contribution is 7.16. The van der Waals surface area contributed by atoms with Crippen LogP contribution in [0.2, 0.25) is 5.02 Å². The first-order valence-corrected chi connectivity index (χ1v) is 14.9. The third-order valence-electron chi connectivity index (χ3n) is 7.72. The molecule has 2 aliphatic heterocycles. The fraction of sp³-hybridized carbons (Fsp3) is 0.464. The molecule has 42 heavy (non-hydrogen) atoms. The molecule has 226 valence electrons. The molecule has 1 N–H and O–H groups in total. The van der Waals surface area contributed by atoms with Crippen LogP contribution in [0.15, 0.2) is 30.5 Å². The van der Waals surface area contributed by atoms with Gasteiger partial charge in [0.25, 0.3) is 0 Å². The van der Waals surface area contributed by atoms with Gasteiger partial charge in [0.1, 0.15) is 0 Å². The quantitative estimate of drug-likeness (QED) is 0.332. The molecule has 2 saturated heterocycles. The number of carboxylic acid groups (broad SMARTS) is 1. The van der Waals surface area contributed by atoms with Crippen molar-refractivity contribution in [3.63, 3.8) is 0 Å². The number of carbonyl (C=O) groups is 1. The minimum Gasteiger partial charge on any atom is -0.550 e. The van der Waals surface area contributed by atoms with E-state index in [4.69, 9.17) is 11.6 Å². The maximum absolute atomic E-state index is 15.7. The summed E-state index contributed by atoms with van der Waals surface area (Å²) in [6.07, 6.45) is -1.13. The number of nitrogens with zero attached hydrogens (tertiary/aromatic N) is 5. The van der Waals surface area contributed by atoms with Crippen LogP contribution >= 0.6 is 22.9 Å². The molecule has 1 atom stereocenters. The molecule has 14 heteroatoms. The molecule has 4 heterocycles. The van der Waals surface area contributed by atoms with Crippen molar-refractivity contribution in [2.45, 2.75) is 44.9 Å². The highest BCUT2D eigenvalue weighted by Gasteiger charge is 2.34. The van der Waals surface area contributed by atoms with Crippen molar-refractivity contribution < 1.29 is 27.5 Å². The Morgan fingerprint density at radius 2 is 1.95 bits per heavy atom. The number of carboxylic acids is 1. The largest absolute Gasteiger partial charge is 0.550 e. The Morgan fingerprint density at radius 1 is 1.19 bits per heavy atom. The Morgan fingerprint density at radius 3 is 2.62 bits per heavy atom. The van der Waals surface area contributed by atoms with Crippen LogP contribution in [-0.4, -0.2) is 71.0 Å². The predicted molar refractivity (Wildman–Crippen MR) is 152 cm³/mol. The molecular formula is C28H30ClF4N6O2S-. The van der Waals surface area contributed by atoms with Crippen molar-refractivity contribution in [1.29, 1.82) is 0 Å². The van der Waals surface area contributed by atoms with Crippen molar-refractivity contribution in [3.05, 3.63) is 51.7 Å². The predicted octanol–water partition coefficient (Wildman–Crippen LogP) is 5.01. The first-order valence-electron chi connectivity index (χ1n) is 13.7. The van der Waals surface area contributed by atoms with E-state index >= 15 is 4.39 Å². The highest BCUT2D eigenvalue weighted by Crippen LogP contribution is 2.40. The number of piperazine rings is 1. The van der Waals surface area contributed by atoms with Gasteiger partial charge in [-0.05, 0) is 50.9 Å². The van der Waals surface area contributed by atoms with Crippen molar-refractivity contribution in [1.82, 2.24) is 19.8 Å². The first-order chi connectivity index (χ1) is 20.0. The van der Waals surface area contributed by atoms with Crippen LogP contribution in [0.4, 0.5) is 34.2 Å². The number of thiazole rings is 1. The van der Waals surface area contributed by atoms with E-state index in [-0.39, 0.29) is 17.8 Å². The van der Waals surface area contributed by atoms with Crippen LogP contribution in [-0.2, 0) is 17.5 Å². The summed E-state index contributed by atoms with van der Waals surface area (Å²) in [4.78, 5) is 26.4. The topological polar surface area (TPSA) is 87.7 Å². The number of hydrogen-bond acceptors (Lipinski definition) is 9. The third kappa shape index (κ3) is 6.96. The van der Waals surface area contributed by atoms with E-state index in [1.54, 1.807) is 6.07 Å². The second-order valence-electron chi connectivity index (χ2n) is 10.5. The molecule has 2 aromatic heterocycles. The Hall–Kier alpha value is -3.00. The molecule has 0 aliphatic carbocycles. The fourth-order valence-electron chi connectivity index (χ4n) is 5.37. The molecule has 5 rings (SSSR count). The highest BCUT2D eigenvalue weighted by atomic mass is 35.5. The Labute approximate surface area is 249 Å². The van der Waals surface area contributed by atoms with Gasteiger partial charge in [0.15, 0.2) is 16.8 Å². The molecule has 0 bridgehead atoms. The van der Waals surface area contributed by atoms with E-state index < -0.39 is 28.5 Å². The number of benzene rings is 1. The number of aromatic nitrogens is 2. The van der Waals surface area contributed by atoms with Gasteiger partial charge in [-0.3, -0.25) is 9.80 Å². The summed E-state index contributed by atoms with van der Waals surface area (Å²) >= 11 is 7.12. The zero-order valence-corrected chi connectivity index (χ0v) is 24.5. The number of anilines is 3. The molecule has 0 unspecified atom stereocenters. The molecule has 2 fully saturated rings. The lowest BCUT2D eigenvalue weighted by atomic mass is 10.1. The van der Waals surface area contributed by atoms with Crippen molar-refractivity contribution >= 4 is 45.5 Å². The van der Waals surface area contributed by atoms with Gasteiger partial charge in [0.2, 0.25) is 0 Å². The normalized spacial score (nSPS) is 18.5. The smallest absolute Gasteiger partial charge is 0.417 e. The Kier molecular flexibility index (Phi) is 9.21. The summed E-state index contributed by atoms with van der Waals surface area (Å²) in [5.41, 5.74) is 0.0666. The summed E-state index contributed by atoms with van der Waals surface area (Å²) in [7, 11) is 0. The molecule has 3 aromatic rings. The summed E-state index contributed by atoms with van der Waals surface area (Å²) < 4.78 is 56.6. The average molecular weight is 626 g/mol. The zero-order chi connectivity index (χ0) is 30.0. The molecule has 2 aliphatic rings. The molecular weight excluding hydrogens is 596 g/mol. The van der Waals surface area contributed by atoms with Crippen LogP contribution in [0.25, 0.3) is 11.3 Å². The second-order valence-corrected chi connectivity index (χ2v) is 12.0. The van der Waals surface area contributed by atoms with Crippen molar-refractivity contribution in [3.8, 4) is 11.3 Å². The van der Waals surface area contributed by atoms with Gasteiger partial charge >= 0.3 is 6.18 Å². The summed E-state index contributed by atoms with van der Waals surface area (Å²) in [5.74, 6) is -1.72. The number of carbonyl (C=O) groups excluding carboxylic acids is 1. The van der Waals surface area contributed by atoms with Gasteiger partial charge in [-0.1, -0.05) is 29.0 Å². The minimum atomic E-state index is -4.62. The summed E-state index contributed by atoms with van der Waals surface area (Å²) in [5, 5.41) is 13.6. The van der Waals surface area contributed by atoms with E-state index in [1.807, 2.05) is 9.80 Å². The van der Waals surface area contributed by atoms with Crippen LogP contribution < -0.4 is 15.3 Å². The number of hydrogen-bond donors (Lipinski definition) is 1. The third-order valence-corrected chi connectivity index (χ3v) is 9.00. The second kappa shape index (κ2) is 12.7. The van der Waals surface area contributed by atoms with E-state index in [0.717, 1.165) is 30.3 Å². The van der Waals surface area contributed by atoms with E-state index in [1.165, 1.54) is 29.7 Å². The molecule has 0 spiro atoms. The number of pyridine rings is 1. The molecule has 0 saturated carbocycles. The summed E-state index contributed by atoms with van der Waals surface area (Å²) in [6, 6.07) is 5.64. The Bertz CT molecular complexity index is 1430.